The number of hydrogen-bond donors (Lipinski definition) is 3. The van der Waals surface area contributed by atoms with E-state index in [1.807, 2.05) is 9.80 Å². The molecule has 1 atom stereocenters. The molecule has 5 rings (SSSR count). The zero-order chi connectivity index (χ0) is 34.4. The van der Waals surface area contributed by atoms with E-state index in [0.29, 0.717) is 61.0 Å². The molecule has 0 spiro atoms. The number of imide groups is 1. The molecule has 4 fully saturated rings. The molecule has 260 valence electrons. The van der Waals surface area contributed by atoms with Gasteiger partial charge in [-0.05, 0) is 87.6 Å². The topological polar surface area (TPSA) is 149 Å². The van der Waals surface area contributed by atoms with Crippen molar-refractivity contribution < 1.29 is 23.6 Å². The van der Waals surface area contributed by atoms with Crippen molar-refractivity contribution in [1.29, 1.82) is 0 Å². The van der Waals surface area contributed by atoms with E-state index < -0.39 is 23.7 Å². The highest BCUT2D eigenvalue weighted by atomic mass is 19.1. The summed E-state index contributed by atoms with van der Waals surface area (Å²) in [5, 5.41) is 2.61. The minimum atomic E-state index is -0.938. The Morgan fingerprint density at radius 1 is 0.979 bits per heavy atom. The SMILES string of the molecule is C=C1CCC(N(C=O)C(=O)c2cc(N3CCN(CC4CCN(/C(N)=C/C=C(\N)C(=O)N5CCCCC5)CC4)CC3)c(F)cc2C)C(=O)N1. The number of halogens is 1. The second-order valence-corrected chi connectivity index (χ2v) is 13.4. The Labute approximate surface area is 282 Å². The number of anilines is 1. The highest BCUT2D eigenvalue weighted by Crippen LogP contribution is 2.28. The molecule has 0 radical (unpaired) electrons. The number of benzene rings is 1. The largest absolute Gasteiger partial charge is 0.394 e. The molecule has 4 aliphatic rings. The average molecular weight is 665 g/mol. The first-order valence-corrected chi connectivity index (χ1v) is 17.1. The fourth-order valence-electron chi connectivity index (χ4n) is 7.11. The van der Waals surface area contributed by atoms with Crippen LogP contribution in [-0.2, 0) is 14.4 Å². The number of carbonyl (C=O) groups is 4. The molecule has 4 heterocycles. The standard InChI is InChI=1S/C35H49FN8O4/c1-24-20-28(36)31(21-27(24)34(47)44(23-45)30-8-6-25(2)39-33(30)46)41-18-16-40(17-19-41)22-26-10-14-42(15-11-26)32(38)9-7-29(37)35(48)43-12-4-3-5-13-43/h7,9,20-21,23,26,30H,2-6,8,10-19,22,37-38H2,1H3,(H,39,46)/b29-7-,32-9+. The van der Waals surface area contributed by atoms with E-state index in [1.165, 1.54) is 12.1 Å². The normalized spacial score (nSPS) is 22.0. The van der Waals surface area contributed by atoms with Crippen LogP contribution < -0.4 is 21.7 Å². The summed E-state index contributed by atoms with van der Waals surface area (Å²) in [4.78, 5) is 59.7. The van der Waals surface area contributed by atoms with Crippen LogP contribution in [0.3, 0.4) is 0 Å². The Balaban J connectivity index is 1.11. The van der Waals surface area contributed by atoms with Gasteiger partial charge >= 0.3 is 0 Å². The molecule has 0 saturated carbocycles. The Hall–Kier alpha value is -4.39. The van der Waals surface area contributed by atoms with Gasteiger partial charge in [0.15, 0.2) is 0 Å². The fourth-order valence-corrected chi connectivity index (χ4v) is 7.11. The lowest BCUT2D eigenvalue weighted by atomic mass is 9.96. The summed E-state index contributed by atoms with van der Waals surface area (Å²) < 4.78 is 15.2. The summed E-state index contributed by atoms with van der Waals surface area (Å²) in [6, 6.07) is 1.90. The lowest BCUT2D eigenvalue weighted by Crippen LogP contribution is -2.51. The fraction of sp³-hybridized carbons (Fsp3) is 0.543. The third-order valence-corrected chi connectivity index (χ3v) is 10.1. The number of nitrogens with two attached hydrogens (primary N) is 2. The van der Waals surface area contributed by atoms with Gasteiger partial charge in [0.2, 0.25) is 12.3 Å². The number of piperidine rings is 3. The monoisotopic (exact) mass is 664 g/mol. The third kappa shape index (κ3) is 8.18. The minimum Gasteiger partial charge on any atom is -0.394 e. The van der Waals surface area contributed by atoms with Crippen LogP contribution in [0.5, 0.6) is 0 Å². The van der Waals surface area contributed by atoms with Crippen molar-refractivity contribution in [1.82, 2.24) is 24.9 Å². The number of aryl methyl sites for hydroxylation is 1. The molecule has 1 aromatic carbocycles. The van der Waals surface area contributed by atoms with Crippen LogP contribution in [0.1, 0.15) is 60.9 Å². The summed E-state index contributed by atoms with van der Waals surface area (Å²) in [5.74, 6) is -0.510. The molecular formula is C35H49FN8O4. The van der Waals surface area contributed by atoms with E-state index in [1.54, 1.807) is 19.1 Å². The highest BCUT2D eigenvalue weighted by Gasteiger charge is 2.34. The summed E-state index contributed by atoms with van der Waals surface area (Å²) in [6.45, 7) is 12.1. The zero-order valence-corrected chi connectivity index (χ0v) is 28.0. The Bertz CT molecular complexity index is 1460. The number of likely N-dealkylation sites (tertiary alicyclic amines) is 2. The highest BCUT2D eigenvalue weighted by molar-refractivity contribution is 6.05. The quantitative estimate of drug-likeness (QED) is 0.205. The van der Waals surface area contributed by atoms with Gasteiger partial charge in [0.1, 0.15) is 11.9 Å². The van der Waals surface area contributed by atoms with Crippen molar-refractivity contribution in [3.8, 4) is 0 Å². The van der Waals surface area contributed by atoms with Gasteiger partial charge in [-0.25, -0.2) is 4.39 Å². The number of nitrogens with zero attached hydrogens (tertiary/aromatic N) is 5. The maximum atomic E-state index is 15.2. The number of nitrogens with one attached hydrogen (secondary N) is 1. The zero-order valence-electron chi connectivity index (χ0n) is 28.0. The first-order chi connectivity index (χ1) is 23.0. The van der Waals surface area contributed by atoms with Crippen molar-refractivity contribution in [2.75, 3.05) is 63.8 Å². The van der Waals surface area contributed by atoms with E-state index in [4.69, 9.17) is 11.5 Å². The minimum absolute atomic E-state index is 0.126. The third-order valence-electron chi connectivity index (χ3n) is 10.1. The van der Waals surface area contributed by atoms with Crippen molar-refractivity contribution in [2.45, 2.75) is 57.9 Å². The number of amides is 4. The number of allylic oxidation sites excluding steroid dienone is 3. The van der Waals surface area contributed by atoms with Gasteiger partial charge in [-0.2, -0.15) is 0 Å². The molecule has 0 aromatic heterocycles. The molecular weight excluding hydrogens is 615 g/mol. The van der Waals surface area contributed by atoms with Gasteiger partial charge in [-0.1, -0.05) is 6.58 Å². The van der Waals surface area contributed by atoms with Gasteiger partial charge in [-0.15, -0.1) is 0 Å². The smallest absolute Gasteiger partial charge is 0.269 e. The van der Waals surface area contributed by atoms with Crippen LogP contribution in [0, 0.1) is 18.7 Å². The maximum absolute atomic E-state index is 15.2. The Kier molecular flexibility index (Phi) is 11.4. The second kappa shape index (κ2) is 15.7. The number of piperazine rings is 1. The van der Waals surface area contributed by atoms with Crippen LogP contribution in [0.15, 0.2) is 48.1 Å². The van der Waals surface area contributed by atoms with E-state index >= 15 is 4.39 Å². The van der Waals surface area contributed by atoms with Crippen LogP contribution >= 0.6 is 0 Å². The molecule has 0 aliphatic carbocycles. The lowest BCUT2D eigenvalue weighted by molar-refractivity contribution is -0.131. The predicted molar refractivity (Wildman–Crippen MR) is 182 cm³/mol. The Morgan fingerprint density at radius 3 is 2.31 bits per heavy atom. The van der Waals surface area contributed by atoms with Crippen molar-refractivity contribution >= 4 is 29.8 Å². The van der Waals surface area contributed by atoms with Crippen molar-refractivity contribution in [2.24, 2.45) is 17.4 Å². The number of carbonyl (C=O) groups excluding carboxylic acids is 4. The van der Waals surface area contributed by atoms with Crippen LogP contribution in [0.4, 0.5) is 10.1 Å². The van der Waals surface area contributed by atoms with E-state index in [9.17, 15) is 19.2 Å². The van der Waals surface area contributed by atoms with E-state index in [-0.39, 0.29) is 17.2 Å². The molecule has 1 aromatic rings. The van der Waals surface area contributed by atoms with E-state index in [0.717, 1.165) is 82.8 Å². The average Bonchev–Trinajstić information content (AvgIpc) is 3.09. The van der Waals surface area contributed by atoms with Gasteiger partial charge < -0.3 is 31.5 Å². The summed E-state index contributed by atoms with van der Waals surface area (Å²) in [6.07, 6.45) is 9.64. The molecule has 13 heteroatoms. The number of rotatable bonds is 9. The van der Waals surface area contributed by atoms with Crippen LogP contribution in [0.25, 0.3) is 0 Å². The molecule has 4 saturated heterocycles. The molecule has 0 bridgehead atoms. The van der Waals surface area contributed by atoms with Crippen molar-refractivity contribution in [3.05, 3.63) is 65.0 Å². The molecule has 4 amide bonds. The Morgan fingerprint density at radius 2 is 1.67 bits per heavy atom. The van der Waals surface area contributed by atoms with Crippen LogP contribution in [0.2, 0.25) is 0 Å². The predicted octanol–water partition coefficient (Wildman–Crippen LogP) is 2.01. The molecule has 48 heavy (non-hydrogen) atoms. The molecule has 4 aliphatic heterocycles. The summed E-state index contributed by atoms with van der Waals surface area (Å²) >= 11 is 0. The van der Waals surface area contributed by atoms with Crippen molar-refractivity contribution in [3.63, 3.8) is 0 Å². The molecule has 1 unspecified atom stereocenters. The van der Waals surface area contributed by atoms with Gasteiger partial charge in [-0.3, -0.25) is 29.0 Å². The summed E-state index contributed by atoms with van der Waals surface area (Å²) in [5.41, 5.74) is 14.1. The maximum Gasteiger partial charge on any atom is 0.269 e. The summed E-state index contributed by atoms with van der Waals surface area (Å²) in [7, 11) is 0. The van der Waals surface area contributed by atoms with E-state index in [2.05, 4.69) is 21.7 Å². The van der Waals surface area contributed by atoms with Gasteiger partial charge in [0.05, 0.1) is 17.2 Å². The molecule has 5 N–H and O–H groups in total. The first kappa shape index (κ1) is 34.9. The first-order valence-electron chi connectivity index (χ1n) is 17.1. The van der Waals surface area contributed by atoms with Crippen LogP contribution in [-0.4, -0.2) is 109 Å². The number of hydrogen-bond acceptors (Lipinski definition) is 9. The molecule has 12 nitrogen and oxygen atoms in total. The second-order valence-electron chi connectivity index (χ2n) is 13.4. The van der Waals surface area contributed by atoms with Gasteiger partial charge in [0, 0.05) is 70.2 Å². The van der Waals surface area contributed by atoms with Gasteiger partial charge in [0.25, 0.3) is 11.8 Å². The lowest BCUT2D eigenvalue weighted by Gasteiger charge is -2.40.